The first-order chi connectivity index (χ1) is 11.0. The summed E-state index contributed by atoms with van der Waals surface area (Å²) in [5.41, 5.74) is 2.39. The second kappa shape index (κ2) is 8.09. The van der Waals surface area contributed by atoms with Gasteiger partial charge in [0.15, 0.2) is 0 Å². The molecule has 0 bridgehead atoms. The average molecular weight is 318 g/mol. The van der Waals surface area contributed by atoms with Crippen molar-refractivity contribution in [3.63, 3.8) is 0 Å². The summed E-state index contributed by atoms with van der Waals surface area (Å²) in [6, 6.07) is 9.53. The van der Waals surface area contributed by atoms with Gasteiger partial charge in [-0.3, -0.25) is 0 Å². The first kappa shape index (κ1) is 17.4. The number of likely N-dealkylation sites (tertiary alicyclic amines) is 1. The normalized spacial score (nSPS) is 15.6. The standard InChI is InChI=1S/C18H30N4O/c1-5-19-18(23)22-11-9-15(10-12-22)20-16-7-6-8-17(13-16)21(4)14(2)3/h6-8,13-15,20H,5,9-12H2,1-4H3,(H,19,23). The van der Waals surface area contributed by atoms with E-state index in [-0.39, 0.29) is 6.03 Å². The Kier molecular flexibility index (Phi) is 6.13. The molecule has 1 aromatic carbocycles. The molecule has 1 aliphatic heterocycles. The van der Waals surface area contributed by atoms with Crippen molar-refractivity contribution in [1.82, 2.24) is 10.2 Å². The van der Waals surface area contributed by atoms with Crippen molar-refractivity contribution in [3.05, 3.63) is 24.3 Å². The van der Waals surface area contributed by atoms with Crippen molar-refractivity contribution in [2.45, 2.75) is 45.7 Å². The average Bonchev–Trinajstić information content (AvgIpc) is 2.55. The molecule has 0 spiro atoms. The fraction of sp³-hybridized carbons (Fsp3) is 0.611. The second-order valence-corrected chi connectivity index (χ2v) is 6.50. The minimum absolute atomic E-state index is 0.0616. The van der Waals surface area contributed by atoms with E-state index in [0.717, 1.165) is 31.6 Å². The highest BCUT2D eigenvalue weighted by atomic mass is 16.2. The smallest absolute Gasteiger partial charge is 0.317 e. The van der Waals surface area contributed by atoms with Gasteiger partial charge in [0.2, 0.25) is 0 Å². The summed E-state index contributed by atoms with van der Waals surface area (Å²) in [5.74, 6) is 0. The summed E-state index contributed by atoms with van der Waals surface area (Å²) >= 11 is 0. The third-order valence-corrected chi connectivity index (χ3v) is 4.51. The summed E-state index contributed by atoms with van der Waals surface area (Å²) in [6.45, 7) is 8.65. The van der Waals surface area contributed by atoms with Crippen molar-refractivity contribution >= 4 is 17.4 Å². The van der Waals surface area contributed by atoms with Crippen molar-refractivity contribution in [1.29, 1.82) is 0 Å². The molecule has 5 nitrogen and oxygen atoms in total. The van der Waals surface area contributed by atoms with E-state index in [1.54, 1.807) is 0 Å². The molecule has 23 heavy (non-hydrogen) atoms. The molecule has 128 valence electrons. The highest BCUT2D eigenvalue weighted by Gasteiger charge is 2.22. The van der Waals surface area contributed by atoms with Crippen LogP contribution in [0.25, 0.3) is 0 Å². The molecule has 1 saturated heterocycles. The fourth-order valence-corrected chi connectivity index (χ4v) is 2.84. The van der Waals surface area contributed by atoms with Crippen LogP contribution < -0.4 is 15.5 Å². The van der Waals surface area contributed by atoms with Gasteiger partial charge in [-0.15, -0.1) is 0 Å². The van der Waals surface area contributed by atoms with E-state index in [1.165, 1.54) is 5.69 Å². The molecule has 2 rings (SSSR count). The zero-order chi connectivity index (χ0) is 16.8. The van der Waals surface area contributed by atoms with Gasteiger partial charge in [0, 0.05) is 50.1 Å². The van der Waals surface area contributed by atoms with E-state index in [0.29, 0.717) is 18.6 Å². The maximum absolute atomic E-state index is 11.8. The Morgan fingerprint density at radius 3 is 2.65 bits per heavy atom. The topological polar surface area (TPSA) is 47.6 Å². The Balaban J connectivity index is 1.89. The van der Waals surface area contributed by atoms with Gasteiger partial charge in [0.25, 0.3) is 0 Å². The van der Waals surface area contributed by atoms with Crippen LogP contribution in [0.4, 0.5) is 16.2 Å². The molecule has 1 heterocycles. The molecule has 2 N–H and O–H groups in total. The third-order valence-electron chi connectivity index (χ3n) is 4.51. The number of carbonyl (C=O) groups is 1. The molecular weight excluding hydrogens is 288 g/mol. The lowest BCUT2D eigenvalue weighted by Crippen LogP contribution is -2.46. The van der Waals surface area contributed by atoms with Crippen molar-refractivity contribution in [3.8, 4) is 0 Å². The molecule has 0 unspecified atom stereocenters. The number of benzene rings is 1. The number of hydrogen-bond donors (Lipinski definition) is 2. The molecule has 1 fully saturated rings. The van der Waals surface area contributed by atoms with Gasteiger partial charge in [-0.1, -0.05) is 6.07 Å². The lowest BCUT2D eigenvalue weighted by atomic mass is 10.0. The highest BCUT2D eigenvalue weighted by molar-refractivity contribution is 5.74. The van der Waals surface area contributed by atoms with E-state index >= 15 is 0 Å². The molecule has 0 radical (unpaired) electrons. The fourth-order valence-electron chi connectivity index (χ4n) is 2.84. The first-order valence-corrected chi connectivity index (χ1v) is 8.63. The monoisotopic (exact) mass is 318 g/mol. The minimum atomic E-state index is 0.0616. The zero-order valence-electron chi connectivity index (χ0n) is 14.8. The van der Waals surface area contributed by atoms with Crippen LogP contribution in [0.15, 0.2) is 24.3 Å². The van der Waals surface area contributed by atoms with E-state index in [9.17, 15) is 4.79 Å². The van der Waals surface area contributed by atoms with E-state index in [1.807, 2.05) is 11.8 Å². The number of nitrogens with zero attached hydrogens (tertiary/aromatic N) is 2. The highest BCUT2D eigenvalue weighted by Crippen LogP contribution is 2.22. The Hall–Kier alpha value is -1.91. The maximum Gasteiger partial charge on any atom is 0.317 e. The number of urea groups is 1. The quantitative estimate of drug-likeness (QED) is 0.877. The van der Waals surface area contributed by atoms with Gasteiger partial charge in [-0.25, -0.2) is 4.79 Å². The summed E-state index contributed by atoms with van der Waals surface area (Å²) in [4.78, 5) is 16.0. The van der Waals surface area contributed by atoms with Crippen LogP contribution in [0.5, 0.6) is 0 Å². The van der Waals surface area contributed by atoms with Crippen LogP contribution in [0, 0.1) is 0 Å². The lowest BCUT2D eigenvalue weighted by Gasteiger charge is -2.33. The van der Waals surface area contributed by atoms with Crippen molar-refractivity contribution in [2.24, 2.45) is 0 Å². The lowest BCUT2D eigenvalue weighted by molar-refractivity contribution is 0.184. The molecule has 0 aliphatic carbocycles. The largest absolute Gasteiger partial charge is 0.382 e. The van der Waals surface area contributed by atoms with Gasteiger partial charge < -0.3 is 20.4 Å². The molecule has 1 aromatic rings. The molecule has 5 heteroatoms. The predicted octanol–water partition coefficient (Wildman–Crippen LogP) is 3.14. The number of amides is 2. The predicted molar refractivity (Wildman–Crippen MR) is 97.3 cm³/mol. The molecule has 2 amide bonds. The Labute approximate surface area is 140 Å². The summed E-state index contributed by atoms with van der Waals surface area (Å²) in [5, 5.41) is 6.49. The van der Waals surface area contributed by atoms with E-state index in [2.05, 4.69) is 60.7 Å². The summed E-state index contributed by atoms with van der Waals surface area (Å²) in [6.07, 6.45) is 1.97. The Bertz CT molecular complexity index is 509. The molecular formula is C18H30N4O. The number of rotatable bonds is 5. The number of anilines is 2. The van der Waals surface area contributed by atoms with Crippen LogP contribution in [0.2, 0.25) is 0 Å². The van der Waals surface area contributed by atoms with Crippen LogP contribution in [0.1, 0.15) is 33.6 Å². The molecule has 1 aliphatic rings. The first-order valence-electron chi connectivity index (χ1n) is 8.63. The van der Waals surface area contributed by atoms with Crippen LogP contribution in [0.3, 0.4) is 0 Å². The minimum Gasteiger partial charge on any atom is -0.382 e. The Morgan fingerprint density at radius 2 is 2.04 bits per heavy atom. The second-order valence-electron chi connectivity index (χ2n) is 6.50. The van der Waals surface area contributed by atoms with Gasteiger partial charge in [-0.2, -0.15) is 0 Å². The molecule has 0 aromatic heterocycles. The van der Waals surface area contributed by atoms with E-state index in [4.69, 9.17) is 0 Å². The van der Waals surface area contributed by atoms with E-state index < -0.39 is 0 Å². The van der Waals surface area contributed by atoms with Crippen molar-refractivity contribution < 1.29 is 4.79 Å². The van der Waals surface area contributed by atoms with Crippen LogP contribution in [-0.2, 0) is 0 Å². The number of nitrogens with one attached hydrogen (secondary N) is 2. The SMILES string of the molecule is CCNC(=O)N1CCC(Nc2cccc(N(C)C(C)C)c2)CC1. The van der Waals surface area contributed by atoms with Gasteiger partial charge in [-0.05, 0) is 51.8 Å². The zero-order valence-corrected chi connectivity index (χ0v) is 14.8. The Morgan fingerprint density at radius 1 is 1.35 bits per heavy atom. The van der Waals surface area contributed by atoms with Gasteiger partial charge in [0.05, 0.1) is 0 Å². The number of piperidine rings is 1. The maximum atomic E-state index is 11.8. The van der Waals surface area contributed by atoms with Crippen LogP contribution >= 0.6 is 0 Å². The van der Waals surface area contributed by atoms with Crippen LogP contribution in [-0.4, -0.2) is 49.7 Å². The molecule has 0 saturated carbocycles. The summed E-state index contributed by atoms with van der Waals surface area (Å²) < 4.78 is 0. The number of carbonyl (C=O) groups excluding carboxylic acids is 1. The van der Waals surface area contributed by atoms with Gasteiger partial charge in [0.1, 0.15) is 0 Å². The van der Waals surface area contributed by atoms with Gasteiger partial charge >= 0.3 is 6.03 Å². The molecule has 0 atom stereocenters. The summed E-state index contributed by atoms with van der Waals surface area (Å²) in [7, 11) is 2.12. The number of hydrogen-bond acceptors (Lipinski definition) is 3. The third kappa shape index (κ3) is 4.78. The van der Waals surface area contributed by atoms with Crippen molar-refractivity contribution in [2.75, 3.05) is 36.9 Å².